The molecule has 2 aromatic carbocycles. The van der Waals surface area contributed by atoms with Crippen molar-refractivity contribution in [3.05, 3.63) is 77.6 Å². The summed E-state index contributed by atoms with van der Waals surface area (Å²) < 4.78 is 42.0. The zero-order valence-electron chi connectivity index (χ0n) is 14.9. The third-order valence-electron chi connectivity index (χ3n) is 4.05. The Morgan fingerprint density at radius 2 is 1.87 bits per heavy atom. The quantitative estimate of drug-likeness (QED) is 0.529. The molecule has 0 atom stereocenters. The van der Waals surface area contributed by atoms with Crippen LogP contribution in [0.15, 0.2) is 61.3 Å². The third-order valence-corrected chi connectivity index (χ3v) is 4.29. The Kier molecular flexibility index (Phi) is 4.96. The number of aromatic nitrogens is 6. The predicted molar refractivity (Wildman–Crippen MR) is 101 cm³/mol. The van der Waals surface area contributed by atoms with Crippen LogP contribution < -0.4 is 5.32 Å². The maximum atomic E-state index is 13.2. The van der Waals surface area contributed by atoms with Crippen molar-refractivity contribution in [3.63, 3.8) is 0 Å². The largest absolute Gasteiger partial charge is 0.418 e. The second-order valence-corrected chi connectivity index (χ2v) is 6.46. The molecule has 0 unspecified atom stereocenters. The van der Waals surface area contributed by atoms with Crippen molar-refractivity contribution in [2.75, 3.05) is 5.32 Å². The molecule has 0 aliphatic heterocycles. The van der Waals surface area contributed by atoms with Crippen LogP contribution in [0.5, 0.6) is 0 Å². The predicted octanol–water partition coefficient (Wildman–Crippen LogP) is 3.77. The molecule has 2 aromatic heterocycles. The summed E-state index contributed by atoms with van der Waals surface area (Å²) in [6.45, 7) is 0. The lowest BCUT2D eigenvalue weighted by atomic mass is 10.1. The Labute approximate surface area is 171 Å². The number of halogens is 4. The van der Waals surface area contributed by atoms with Crippen molar-refractivity contribution in [3.8, 4) is 11.4 Å². The molecule has 0 aliphatic rings. The van der Waals surface area contributed by atoms with E-state index in [4.69, 9.17) is 11.6 Å². The van der Waals surface area contributed by atoms with E-state index in [0.717, 1.165) is 16.9 Å². The van der Waals surface area contributed by atoms with E-state index in [-0.39, 0.29) is 11.4 Å². The number of carbonyl (C=O) groups excluding carboxylic acids is 1. The molecule has 4 aromatic rings. The first-order valence-corrected chi connectivity index (χ1v) is 8.75. The number of para-hydroxylation sites is 1. The van der Waals surface area contributed by atoms with E-state index in [9.17, 15) is 18.0 Å². The highest BCUT2D eigenvalue weighted by Gasteiger charge is 2.34. The van der Waals surface area contributed by atoms with Crippen LogP contribution in [0.1, 0.15) is 16.1 Å². The molecule has 1 N–H and O–H groups in total. The number of hydrogen-bond acceptors (Lipinski definition) is 5. The lowest BCUT2D eigenvalue weighted by Gasteiger charge is -2.11. The number of amides is 1. The van der Waals surface area contributed by atoms with Crippen LogP contribution in [0.2, 0.25) is 5.02 Å². The van der Waals surface area contributed by atoms with Crippen molar-refractivity contribution >= 4 is 23.2 Å². The van der Waals surface area contributed by atoms with Gasteiger partial charge in [-0.15, -0.1) is 5.10 Å². The summed E-state index contributed by atoms with van der Waals surface area (Å²) in [6.07, 6.45) is -0.717. The van der Waals surface area contributed by atoms with E-state index in [1.54, 1.807) is 12.1 Å². The molecular formula is C18H11ClF3N7O. The van der Waals surface area contributed by atoms with E-state index in [1.165, 1.54) is 41.6 Å². The second kappa shape index (κ2) is 7.59. The number of rotatable bonds is 4. The van der Waals surface area contributed by atoms with Crippen LogP contribution in [0.3, 0.4) is 0 Å². The van der Waals surface area contributed by atoms with E-state index in [1.807, 2.05) is 0 Å². The Hall–Kier alpha value is -3.73. The van der Waals surface area contributed by atoms with E-state index >= 15 is 0 Å². The lowest BCUT2D eigenvalue weighted by molar-refractivity contribution is -0.137. The SMILES string of the molecule is O=C(Nc1cc(Cl)ccc1-n1cncn1)c1cn(-c2ccccc2C(F)(F)F)nn1. The molecular weight excluding hydrogens is 423 g/mol. The smallest absolute Gasteiger partial charge is 0.319 e. The molecule has 4 rings (SSSR count). The van der Waals surface area contributed by atoms with Crippen LogP contribution in [-0.4, -0.2) is 35.7 Å². The molecule has 12 heteroatoms. The molecule has 30 heavy (non-hydrogen) atoms. The van der Waals surface area contributed by atoms with Gasteiger partial charge in [0.05, 0.1) is 28.8 Å². The molecule has 0 aliphatic carbocycles. The summed E-state index contributed by atoms with van der Waals surface area (Å²) in [7, 11) is 0. The molecule has 0 saturated carbocycles. The van der Waals surface area contributed by atoms with Crippen molar-refractivity contribution in [2.45, 2.75) is 6.18 Å². The number of nitrogens with one attached hydrogen (secondary N) is 1. The van der Waals surface area contributed by atoms with Gasteiger partial charge in [-0.05, 0) is 30.3 Å². The van der Waals surface area contributed by atoms with Gasteiger partial charge >= 0.3 is 6.18 Å². The first-order valence-electron chi connectivity index (χ1n) is 8.38. The fourth-order valence-electron chi connectivity index (χ4n) is 2.73. The van der Waals surface area contributed by atoms with Crippen LogP contribution in [0.4, 0.5) is 18.9 Å². The minimum absolute atomic E-state index is 0.184. The molecule has 0 bridgehead atoms. The number of benzene rings is 2. The molecule has 0 spiro atoms. The van der Waals surface area contributed by atoms with Gasteiger partial charge < -0.3 is 5.32 Å². The van der Waals surface area contributed by atoms with Gasteiger partial charge in [0.25, 0.3) is 5.91 Å². The molecule has 152 valence electrons. The summed E-state index contributed by atoms with van der Waals surface area (Å²) in [5, 5.41) is 14.3. The number of anilines is 1. The summed E-state index contributed by atoms with van der Waals surface area (Å²) >= 11 is 6.02. The fourth-order valence-corrected chi connectivity index (χ4v) is 2.90. The standard InChI is InChI=1S/C18H11ClF3N7O/c19-11-5-6-16(29-10-23-9-24-29)13(7-11)25-17(30)14-8-28(27-26-14)15-4-2-1-3-12(15)18(20,21)22/h1-10H,(H,25,30). The van der Waals surface area contributed by atoms with Gasteiger partial charge in [0.15, 0.2) is 5.69 Å². The van der Waals surface area contributed by atoms with Crippen LogP contribution in [0, 0.1) is 0 Å². The molecule has 1 amide bonds. The normalized spacial score (nSPS) is 11.5. The van der Waals surface area contributed by atoms with Crippen molar-refractivity contribution < 1.29 is 18.0 Å². The first kappa shape index (κ1) is 19.6. The lowest BCUT2D eigenvalue weighted by Crippen LogP contribution is -2.14. The van der Waals surface area contributed by atoms with Crippen molar-refractivity contribution in [1.29, 1.82) is 0 Å². The number of nitrogens with zero attached hydrogens (tertiary/aromatic N) is 6. The number of alkyl halides is 3. The van der Waals surface area contributed by atoms with Gasteiger partial charge in [0.1, 0.15) is 12.7 Å². The van der Waals surface area contributed by atoms with Gasteiger partial charge in [-0.1, -0.05) is 28.9 Å². The molecule has 0 fully saturated rings. The minimum Gasteiger partial charge on any atom is -0.319 e. The highest BCUT2D eigenvalue weighted by molar-refractivity contribution is 6.31. The molecule has 2 heterocycles. The van der Waals surface area contributed by atoms with E-state index in [0.29, 0.717) is 16.4 Å². The van der Waals surface area contributed by atoms with Crippen LogP contribution >= 0.6 is 11.6 Å². The van der Waals surface area contributed by atoms with Crippen LogP contribution in [-0.2, 0) is 6.18 Å². The van der Waals surface area contributed by atoms with Gasteiger partial charge in [-0.3, -0.25) is 4.79 Å². The highest BCUT2D eigenvalue weighted by Crippen LogP contribution is 2.33. The Balaban J connectivity index is 1.64. The van der Waals surface area contributed by atoms with Crippen molar-refractivity contribution in [1.82, 2.24) is 29.8 Å². The topological polar surface area (TPSA) is 90.5 Å². The third kappa shape index (κ3) is 3.87. The van der Waals surface area contributed by atoms with Gasteiger partial charge in [0, 0.05) is 5.02 Å². The molecule has 0 saturated heterocycles. The van der Waals surface area contributed by atoms with E-state index < -0.39 is 17.6 Å². The maximum Gasteiger partial charge on any atom is 0.418 e. The number of carbonyl (C=O) groups is 1. The Bertz CT molecular complexity index is 1200. The van der Waals surface area contributed by atoms with E-state index in [2.05, 4.69) is 25.7 Å². The first-order chi connectivity index (χ1) is 14.3. The maximum absolute atomic E-state index is 13.2. The summed E-state index contributed by atoms with van der Waals surface area (Å²) in [6, 6.07) is 9.59. The van der Waals surface area contributed by atoms with Gasteiger partial charge in [-0.25, -0.2) is 14.3 Å². The average Bonchev–Trinajstić information content (AvgIpc) is 3.40. The zero-order valence-corrected chi connectivity index (χ0v) is 15.6. The zero-order chi connectivity index (χ0) is 21.3. The molecule has 0 radical (unpaired) electrons. The fraction of sp³-hybridized carbons (Fsp3) is 0.0556. The monoisotopic (exact) mass is 433 g/mol. The van der Waals surface area contributed by atoms with Crippen LogP contribution in [0.25, 0.3) is 11.4 Å². The second-order valence-electron chi connectivity index (χ2n) is 6.02. The minimum atomic E-state index is -4.58. The van der Waals surface area contributed by atoms with Gasteiger partial charge in [-0.2, -0.15) is 18.3 Å². The highest BCUT2D eigenvalue weighted by atomic mass is 35.5. The summed E-state index contributed by atoms with van der Waals surface area (Å²) in [5.74, 6) is -0.686. The Morgan fingerprint density at radius 1 is 1.07 bits per heavy atom. The van der Waals surface area contributed by atoms with Gasteiger partial charge in [0.2, 0.25) is 0 Å². The average molecular weight is 434 g/mol. The number of hydrogen-bond donors (Lipinski definition) is 1. The summed E-state index contributed by atoms with van der Waals surface area (Å²) in [5.41, 5.74) is -0.535. The molecule has 8 nitrogen and oxygen atoms in total. The van der Waals surface area contributed by atoms with Crippen molar-refractivity contribution in [2.24, 2.45) is 0 Å². The summed E-state index contributed by atoms with van der Waals surface area (Å²) in [4.78, 5) is 16.5. The Morgan fingerprint density at radius 3 is 2.60 bits per heavy atom.